The van der Waals surface area contributed by atoms with Crippen LogP contribution in [-0.2, 0) is 0 Å². The van der Waals surface area contributed by atoms with Crippen LogP contribution in [-0.4, -0.2) is 11.0 Å². The number of hydrogen-bond acceptors (Lipinski definition) is 2. The Morgan fingerprint density at radius 1 is 1.80 bits per heavy atom. The topological polar surface area (TPSA) is 43.1 Å². The molecule has 0 spiro atoms. The first-order chi connectivity index (χ1) is 4.72. The van der Waals surface area contributed by atoms with E-state index in [-0.39, 0.29) is 4.92 Å². The zero-order chi connectivity index (χ0) is 7.98. The molecule has 0 heterocycles. The van der Waals surface area contributed by atoms with Crippen LogP contribution in [0.25, 0.3) is 0 Å². The molecule has 0 radical (unpaired) electrons. The molecule has 0 bridgehead atoms. The molecule has 0 amide bonds. The van der Waals surface area contributed by atoms with Gasteiger partial charge in [0, 0.05) is 17.8 Å². The van der Waals surface area contributed by atoms with Crippen LogP contribution in [0.4, 0.5) is 0 Å². The molecule has 0 saturated carbocycles. The van der Waals surface area contributed by atoms with Crippen molar-refractivity contribution >= 4 is 0 Å². The second kappa shape index (κ2) is 4.97. The van der Waals surface area contributed by atoms with Crippen LogP contribution in [0.15, 0.2) is 12.7 Å². The molecule has 0 aromatic rings. The monoisotopic (exact) mass is 143 g/mol. The highest BCUT2D eigenvalue weighted by Crippen LogP contribution is 2.05. The van der Waals surface area contributed by atoms with Crippen molar-refractivity contribution in [3.05, 3.63) is 22.8 Å². The zero-order valence-corrected chi connectivity index (χ0v) is 6.25. The Morgan fingerprint density at radius 3 is 2.70 bits per heavy atom. The zero-order valence-electron chi connectivity index (χ0n) is 6.25. The van der Waals surface area contributed by atoms with Gasteiger partial charge in [0.2, 0.25) is 6.04 Å². The third kappa shape index (κ3) is 3.22. The molecule has 3 nitrogen and oxygen atoms in total. The number of nitro groups is 1. The van der Waals surface area contributed by atoms with Crippen molar-refractivity contribution in [1.29, 1.82) is 0 Å². The number of rotatable bonds is 5. The normalized spacial score (nSPS) is 12.5. The van der Waals surface area contributed by atoms with Crippen LogP contribution in [0.2, 0.25) is 0 Å². The Hall–Kier alpha value is -0.860. The van der Waals surface area contributed by atoms with Crippen LogP contribution in [0.1, 0.15) is 26.2 Å². The van der Waals surface area contributed by atoms with Crippen molar-refractivity contribution in [2.24, 2.45) is 0 Å². The molecule has 10 heavy (non-hydrogen) atoms. The van der Waals surface area contributed by atoms with Gasteiger partial charge in [-0.25, -0.2) is 0 Å². The van der Waals surface area contributed by atoms with Crippen LogP contribution < -0.4 is 0 Å². The Bertz CT molecular complexity index is 123. The van der Waals surface area contributed by atoms with Crippen LogP contribution >= 0.6 is 0 Å². The standard InChI is InChI=1S/C7H13NO2/c1-3-5-7(6-4-2)8(9)10/h3,7H,1,4-6H2,2H3. The van der Waals surface area contributed by atoms with Crippen molar-refractivity contribution < 1.29 is 4.92 Å². The van der Waals surface area contributed by atoms with E-state index in [1.807, 2.05) is 6.92 Å². The lowest BCUT2D eigenvalue weighted by atomic mass is 10.1. The molecular formula is C7H13NO2. The van der Waals surface area contributed by atoms with E-state index >= 15 is 0 Å². The molecule has 1 atom stereocenters. The van der Waals surface area contributed by atoms with E-state index in [1.54, 1.807) is 6.08 Å². The maximum absolute atomic E-state index is 10.2. The molecular weight excluding hydrogens is 130 g/mol. The summed E-state index contributed by atoms with van der Waals surface area (Å²) in [6.07, 6.45) is 3.60. The van der Waals surface area contributed by atoms with E-state index in [9.17, 15) is 10.1 Å². The van der Waals surface area contributed by atoms with Crippen molar-refractivity contribution in [2.75, 3.05) is 0 Å². The van der Waals surface area contributed by atoms with Crippen molar-refractivity contribution in [2.45, 2.75) is 32.2 Å². The average Bonchev–Trinajstić information content (AvgIpc) is 1.87. The Balaban J connectivity index is 3.71. The maximum Gasteiger partial charge on any atom is 0.216 e. The summed E-state index contributed by atoms with van der Waals surface area (Å²) < 4.78 is 0. The molecule has 3 heteroatoms. The minimum absolute atomic E-state index is 0.231. The van der Waals surface area contributed by atoms with Crippen molar-refractivity contribution in [1.82, 2.24) is 0 Å². The fourth-order valence-corrected chi connectivity index (χ4v) is 0.835. The van der Waals surface area contributed by atoms with Gasteiger partial charge in [0.15, 0.2) is 0 Å². The number of hydrogen-bond donors (Lipinski definition) is 0. The third-order valence-corrected chi connectivity index (χ3v) is 1.36. The highest BCUT2D eigenvalue weighted by molar-refractivity contribution is 4.72. The van der Waals surface area contributed by atoms with Crippen LogP contribution in [0.5, 0.6) is 0 Å². The van der Waals surface area contributed by atoms with Gasteiger partial charge >= 0.3 is 0 Å². The highest BCUT2D eigenvalue weighted by Gasteiger charge is 2.15. The summed E-state index contributed by atoms with van der Waals surface area (Å²) in [6, 6.07) is -0.414. The lowest BCUT2D eigenvalue weighted by Gasteiger charge is -2.03. The van der Waals surface area contributed by atoms with E-state index in [1.165, 1.54) is 0 Å². The first kappa shape index (κ1) is 9.14. The Labute approximate surface area is 60.9 Å². The molecule has 0 rings (SSSR count). The Morgan fingerprint density at radius 2 is 2.40 bits per heavy atom. The van der Waals surface area contributed by atoms with Gasteiger partial charge in [-0.05, 0) is 6.42 Å². The van der Waals surface area contributed by atoms with E-state index in [0.29, 0.717) is 12.8 Å². The Kier molecular flexibility index (Phi) is 4.54. The second-order valence-electron chi connectivity index (χ2n) is 2.25. The summed E-state index contributed by atoms with van der Waals surface area (Å²) in [7, 11) is 0. The SMILES string of the molecule is C=CCC(CCC)[N+](=O)[O-]. The summed E-state index contributed by atoms with van der Waals surface area (Å²) in [5.74, 6) is 0. The van der Waals surface area contributed by atoms with E-state index < -0.39 is 6.04 Å². The van der Waals surface area contributed by atoms with Gasteiger partial charge in [-0.2, -0.15) is 0 Å². The molecule has 0 aliphatic carbocycles. The molecule has 1 unspecified atom stereocenters. The molecule has 0 N–H and O–H groups in total. The second-order valence-corrected chi connectivity index (χ2v) is 2.25. The summed E-state index contributed by atoms with van der Waals surface area (Å²) in [4.78, 5) is 10.0. The molecule has 0 aliphatic heterocycles. The predicted octanol–water partition coefficient (Wildman–Crippen LogP) is 2.01. The molecule has 0 aliphatic rings. The van der Waals surface area contributed by atoms with Crippen molar-refractivity contribution in [3.8, 4) is 0 Å². The van der Waals surface area contributed by atoms with Gasteiger partial charge in [0.1, 0.15) is 0 Å². The quantitative estimate of drug-likeness (QED) is 0.335. The van der Waals surface area contributed by atoms with Crippen molar-refractivity contribution in [3.63, 3.8) is 0 Å². The van der Waals surface area contributed by atoms with Gasteiger partial charge in [-0.15, -0.1) is 6.58 Å². The first-order valence-electron chi connectivity index (χ1n) is 3.46. The summed E-state index contributed by atoms with van der Waals surface area (Å²) >= 11 is 0. The van der Waals surface area contributed by atoms with E-state index in [2.05, 4.69) is 6.58 Å². The van der Waals surface area contributed by atoms with E-state index in [4.69, 9.17) is 0 Å². The van der Waals surface area contributed by atoms with Crippen LogP contribution in [0.3, 0.4) is 0 Å². The highest BCUT2D eigenvalue weighted by atomic mass is 16.6. The third-order valence-electron chi connectivity index (χ3n) is 1.36. The fraction of sp³-hybridized carbons (Fsp3) is 0.714. The van der Waals surface area contributed by atoms with Gasteiger partial charge in [0.05, 0.1) is 0 Å². The molecule has 0 aromatic carbocycles. The molecule has 0 aromatic heterocycles. The smallest absolute Gasteiger partial charge is 0.216 e. The molecule has 58 valence electrons. The maximum atomic E-state index is 10.2. The molecule has 0 fully saturated rings. The van der Waals surface area contributed by atoms with Gasteiger partial charge in [-0.3, -0.25) is 10.1 Å². The van der Waals surface area contributed by atoms with Gasteiger partial charge in [0.25, 0.3) is 0 Å². The minimum atomic E-state index is -0.414. The lowest BCUT2D eigenvalue weighted by Crippen LogP contribution is -2.17. The van der Waals surface area contributed by atoms with Gasteiger partial charge < -0.3 is 0 Å². The summed E-state index contributed by atoms with van der Waals surface area (Å²) in [5, 5.41) is 10.2. The predicted molar refractivity (Wildman–Crippen MR) is 40.5 cm³/mol. The largest absolute Gasteiger partial charge is 0.264 e. The summed E-state index contributed by atoms with van der Waals surface area (Å²) in [5.41, 5.74) is 0. The number of nitrogens with zero attached hydrogens (tertiary/aromatic N) is 1. The fourth-order valence-electron chi connectivity index (χ4n) is 0.835. The lowest BCUT2D eigenvalue weighted by molar-refractivity contribution is -0.522. The van der Waals surface area contributed by atoms with Gasteiger partial charge in [-0.1, -0.05) is 13.0 Å². The first-order valence-corrected chi connectivity index (χ1v) is 3.46. The minimum Gasteiger partial charge on any atom is -0.264 e. The average molecular weight is 143 g/mol. The summed E-state index contributed by atoms with van der Waals surface area (Å²) in [6.45, 7) is 5.40. The van der Waals surface area contributed by atoms with Crippen LogP contribution in [0, 0.1) is 10.1 Å². The molecule has 0 saturated heterocycles. The van der Waals surface area contributed by atoms with E-state index in [0.717, 1.165) is 6.42 Å².